The molecule has 4 aromatic rings. The van der Waals surface area contributed by atoms with Crippen LogP contribution >= 0.6 is 11.6 Å². The van der Waals surface area contributed by atoms with Gasteiger partial charge in [0, 0.05) is 54.0 Å². The number of rotatable bonds is 6. The van der Waals surface area contributed by atoms with Crippen molar-refractivity contribution in [1.82, 2.24) is 19.9 Å². The van der Waals surface area contributed by atoms with E-state index in [1.165, 1.54) is 0 Å². The van der Waals surface area contributed by atoms with Crippen LogP contribution in [0, 0.1) is 0 Å². The second-order valence-electron chi connectivity index (χ2n) is 6.82. The largest absolute Gasteiger partial charge is 0.347 e. The minimum atomic E-state index is -0.151. The van der Waals surface area contributed by atoms with Crippen molar-refractivity contribution in [2.45, 2.75) is 6.54 Å². The van der Waals surface area contributed by atoms with Gasteiger partial charge in [-0.1, -0.05) is 41.9 Å². The molecule has 0 saturated heterocycles. The fourth-order valence-electron chi connectivity index (χ4n) is 3.02. The van der Waals surface area contributed by atoms with Crippen molar-refractivity contribution in [3.63, 3.8) is 0 Å². The number of aryl methyl sites for hydroxylation is 1. The molecule has 2 N–H and O–H groups in total. The molecule has 0 fully saturated rings. The number of carbonyl (C=O) groups excluding carboxylic acids is 1. The monoisotopic (exact) mass is 417 g/mol. The van der Waals surface area contributed by atoms with E-state index in [4.69, 9.17) is 11.6 Å². The Morgan fingerprint density at radius 3 is 2.40 bits per heavy atom. The van der Waals surface area contributed by atoms with Gasteiger partial charge in [0.05, 0.1) is 0 Å². The summed E-state index contributed by atoms with van der Waals surface area (Å²) in [5.41, 5.74) is 4.17. The molecule has 2 heterocycles. The van der Waals surface area contributed by atoms with E-state index in [2.05, 4.69) is 20.6 Å². The number of carbonyl (C=O) groups is 1. The molecule has 0 aliphatic carbocycles. The lowest BCUT2D eigenvalue weighted by atomic mass is 10.2. The Morgan fingerprint density at radius 2 is 1.70 bits per heavy atom. The van der Waals surface area contributed by atoms with Crippen LogP contribution in [0.25, 0.3) is 11.1 Å². The quantitative estimate of drug-likeness (QED) is 0.472. The second kappa shape index (κ2) is 8.80. The molecular weight excluding hydrogens is 398 g/mol. The van der Waals surface area contributed by atoms with Crippen LogP contribution in [0.15, 0.2) is 79.3 Å². The van der Waals surface area contributed by atoms with Crippen molar-refractivity contribution in [3.05, 3.63) is 95.5 Å². The molecule has 7 heteroatoms. The Labute approximate surface area is 179 Å². The number of aromatic nitrogens is 3. The van der Waals surface area contributed by atoms with Crippen LogP contribution in [-0.4, -0.2) is 20.4 Å². The van der Waals surface area contributed by atoms with Crippen LogP contribution in [0.3, 0.4) is 0 Å². The van der Waals surface area contributed by atoms with Crippen LogP contribution < -0.4 is 10.6 Å². The average molecular weight is 418 g/mol. The molecule has 0 spiro atoms. The highest BCUT2D eigenvalue weighted by molar-refractivity contribution is 6.30. The van der Waals surface area contributed by atoms with Crippen molar-refractivity contribution >= 4 is 29.1 Å². The number of hydrogen-bond donors (Lipinski definition) is 2. The van der Waals surface area contributed by atoms with E-state index >= 15 is 0 Å². The lowest BCUT2D eigenvalue weighted by molar-refractivity contribution is 0.0943. The highest BCUT2D eigenvalue weighted by Gasteiger charge is 2.13. The van der Waals surface area contributed by atoms with E-state index in [9.17, 15) is 4.79 Å². The standard InChI is InChI=1S/C23H20ClN5O/c1-29-15-17(11-21(29)22(30)25-12-16-7-9-19(24)10-8-16)18-13-26-23(27-14-18)28-20-5-3-2-4-6-20/h2-11,13-15H,12H2,1H3,(H,25,30)(H,26,27,28). The van der Waals surface area contributed by atoms with Crippen molar-refractivity contribution in [2.24, 2.45) is 7.05 Å². The molecule has 6 nitrogen and oxygen atoms in total. The van der Waals surface area contributed by atoms with Crippen LogP contribution in [0.4, 0.5) is 11.6 Å². The van der Waals surface area contributed by atoms with Crippen LogP contribution in [0.1, 0.15) is 16.1 Å². The van der Waals surface area contributed by atoms with Gasteiger partial charge < -0.3 is 15.2 Å². The SMILES string of the molecule is Cn1cc(-c2cnc(Nc3ccccc3)nc2)cc1C(=O)NCc1ccc(Cl)cc1. The van der Waals surface area contributed by atoms with Crippen LogP contribution in [-0.2, 0) is 13.6 Å². The second-order valence-corrected chi connectivity index (χ2v) is 7.26. The molecule has 2 aromatic heterocycles. The molecule has 1 amide bonds. The van der Waals surface area contributed by atoms with Crippen LogP contribution in [0.5, 0.6) is 0 Å². The predicted octanol–water partition coefficient (Wildman–Crippen LogP) is 4.81. The molecule has 2 aromatic carbocycles. The lowest BCUT2D eigenvalue weighted by Gasteiger charge is -2.06. The maximum absolute atomic E-state index is 12.6. The molecule has 0 radical (unpaired) electrons. The molecule has 0 unspecified atom stereocenters. The number of nitrogens with one attached hydrogen (secondary N) is 2. The van der Waals surface area contributed by atoms with Crippen LogP contribution in [0.2, 0.25) is 5.02 Å². The molecular formula is C23H20ClN5O. The number of para-hydroxylation sites is 1. The number of anilines is 2. The molecule has 0 aliphatic rings. The number of halogens is 1. The van der Waals surface area contributed by atoms with E-state index in [0.717, 1.165) is 22.4 Å². The molecule has 0 atom stereocenters. The minimum Gasteiger partial charge on any atom is -0.347 e. The maximum atomic E-state index is 12.6. The van der Waals surface area contributed by atoms with E-state index in [-0.39, 0.29) is 5.91 Å². The summed E-state index contributed by atoms with van der Waals surface area (Å²) in [5, 5.41) is 6.76. The summed E-state index contributed by atoms with van der Waals surface area (Å²) in [6.45, 7) is 0.430. The highest BCUT2D eigenvalue weighted by Crippen LogP contribution is 2.22. The van der Waals surface area contributed by atoms with Crippen molar-refractivity contribution in [1.29, 1.82) is 0 Å². The zero-order valence-electron chi connectivity index (χ0n) is 16.3. The smallest absolute Gasteiger partial charge is 0.268 e. The summed E-state index contributed by atoms with van der Waals surface area (Å²) in [5.74, 6) is 0.365. The van der Waals surface area contributed by atoms with E-state index in [0.29, 0.717) is 23.2 Å². The van der Waals surface area contributed by atoms with Gasteiger partial charge >= 0.3 is 0 Å². The summed E-state index contributed by atoms with van der Waals surface area (Å²) in [6, 6.07) is 19.0. The first-order valence-corrected chi connectivity index (χ1v) is 9.80. The number of amides is 1. The fourth-order valence-corrected chi connectivity index (χ4v) is 3.14. The molecule has 150 valence electrons. The third-order valence-corrected chi connectivity index (χ3v) is 4.87. The van der Waals surface area contributed by atoms with E-state index in [1.807, 2.05) is 61.8 Å². The molecule has 0 aliphatic heterocycles. The first-order valence-electron chi connectivity index (χ1n) is 9.42. The van der Waals surface area contributed by atoms with Gasteiger partial charge in [0.2, 0.25) is 5.95 Å². The van der Waals surface area contributed by atoms with Gasteiger partial charge in [-0.2, -0.15) is 0 Å². The highest BCUT2D eigenvalue weighted by atomic mass is 35.5. The van der Waals surface area contributed by atoms with Gasteiger partial charge in [0.15, 0.2) is 0 Å². The van der Waals surface area contributed by atoms with E-state index < -0.39 is 0 Å². The van der Waals surface area contributed by atoms with Crippen molar-refractivity contribution in [2.75, 3.05) is 5.32 Å². The summed E-state index contributed by atoms with van der Waals surface area (Å²) < 4.78 is 1.79. The van der Waals surface area contributed by atoms with E-state index in [1.54, 1.807) is 29.1 Å². The Morgan fingerprint density at radius 1 is 1.00 bits per heavy atom. The zero-order chi connectivity index (χ0) is 20.9. The van der Waals surface area contributed by atoms with Gasteiger partial charge in [-0.05, 0) is 35.9 Å². The Bertz CT molecular complexity index is 1140. The third kappa shape index (κ3) is 4.67. The normalized spacial score (nSPS) is 10.6. The lowest BCUT2D eigenvalue weighted by Crippen LogP contribution is -2.24. The number of hydrogen-bond acceptors (Lipinski definition) is 4. The average Bonchev–Trinajstić information content (AvgIpc) is 3.16. The summed E-state index contributed by atoms with van der Waals surface area (Å²) in [7, 11) is 1.84. The third-order valence-electron chi connectivity index (χ3n) is 4.62. The van der Waals surface area contributed by atoms with Crippen molar-refractivity contribution < 1.29 is 4.79 Å². The number of benzene rings is 2. The van der Waals surface area contributed by atoms with Gasteiger partial charge in [-0.15, -0.1) is 0 Å². The topological polar surface area (TPSA) is 71.8 Å². The first-order chi connectivity index (χ1) is 14.6. The fraction of sp³-hybridized carbons (Fsp3) is 0.0870. The predicted molar refractivity (Wildman–Crippen MR) is 119 cm³/mol. The zero-order valence-corrected chi connectivity index (χ0v) is 17.1. The summed E-state index contributed by atoms with van der Waals surface area (Å²) >= 11 is 5.90. The molecule has 30 heavy (non-hydrogen) atoms. The van der Waals surface area contributed by atoms with Gasteiger partial charge in [0.25, 0.3) is 5.91 Å². The van der Waals surface area contributed by atoms with Gasteiger partial charge in [-0.3, -0.25) is 4.79 Å². The maximum Gasteiger partial charge on any atom is 0.268 e. The minimum absolute atomic E-state index is 0.151. The van der Waals surface area contributed by atoms with Gasteiger partial charge in [0.1, 0.15) is 5.69 Å². The summed E-state index contributed by atoms with van der Waals surface area (Å²) in [4.78, 5) is 21.4. The first kappa shape index (κ1) is 19.7. The molecule has 4 rings (SSSR count). The molecule has 0 saturated carbocycles. The summed E-state index contributed by atoms with van der Waals surface area (Å²) in [6.07, 6.45) is 5.37. The van der Waals surface area contributed by atoms with Crippen molar-refractivity contribution in [3.8, 4) is 11.1 Å². The number of nitrogens with zero attached hydrogens (tertiary/aromatic N) is 3. The molecule has 0 bridgehead atoms. The Hall–Kier alpha value is -3.64. The Balaban J connectivity index is 1.43. The van der Waals surface area contributed by atoms with Gasteiger partial charge in [-0.25, -0.2) is 9.97 Å². The Kier molecular flexibility index (Phi) is 5.77.